The van der Waals surface area contributed by atoms with Crippen LogP contribution in [0.1, 0.15) is 58.8 Å². The van der Waals surface area contributed by atoms with Crippen molar-refractivity contribution in [2.24, 2.45) is 17.8 Å². The fraction of sp³-hybridized carbons (Fsp3) is 0.750. The first-order valence-electron chi connectivity index (χ1n) is 7.19. The SMILES string of the molecule is CCCCC1CC(C)C2CCCC=CC=C12. The van der Waals surface area contributed by atoms with Crippen LogP contribution < -0.4 is 0 Å². The molecule has 0 aliphatic heterocycles. The molecule has 2 aliphatic carbocycles. The van der Waals surface area contributed by atoms with E-state index < -0.39 is 0 Å². The molecule has 3 unspecified atom stereocenters. The average Bonchev–Trinajstić information content (AvgIpc) is 2.51. The molecule has 3 atom stereocenters. The van der Waals surface area contributed by atoms with Crippen molar-refractivity contribution in [2.75, 3.05) is 0 Å². The number of rotatable bonds is 3. The number of fused-ring (bicyclic) bond motifs is 1. The zero-order valence-electron chi connectivity index (χ0n) is 10.9. The Labute approximate surface area is 101 Å². The van der Waals surface area contributed by atoms with E-state index in [2.05, 4.69) is 32.1 Å². The van der Waals surface area contributed by atoms with Crippen molar-refractivity contribution in [3.8, 4) is 0 Å². The second-order valence-electron chi connectivity index (χ2n) is 5.68. The first-order valence-corrected chi connectivity index (χ1v) is 7.19. The van der Waals surface area contributed by atoms with Gasteiger partial charge in [-0.1, -0.05) is 50.5 Å². The Morgan fingerprint density at radius 1 is 1.38 bits per heavy atom. The fourth-order valence-corrected chi connectivity index (χ4v) is 3.56. The van der Waals surface area contributed by atoms with Crippen molar-refractivity contribution in [2.45, 2.75) is 58.8 Å². The van der Waals surface area contributed by atoms with Crippen molar-refractivity contribution in [1.29, 1.82) is 0 Å². The molecule has 1 saturated carbocycles. The molecule has 90 valence electrons. The molecule has 0 aromatic heterocycles. The lowest BCUT2D eigenvalue weighted by Gasteiger charge is -2.19. The summed E-state index contributed by atoms with van der Waals surface area (Å²) in [7, 11) is 0. The van der Waals surface area contributed by atoms with E-state index >= 15 is 0 Å². The molecule has 16 heavy (non-hydrogen) atoms. The van der Waals surface area contributed by atoms with Gasteiger partial charge in [0.05, 0.1) is 0 Å². The van der Waals surface area contributed by atoms with E-state index in [9.17, 15) is 0 Å². The molecule has 0 N–H and O–H groups in total. The normalized spacial score (nSPS) is 34.1. The number of hydrogen-bond acceptors (Lipinski definition) is 0. The smallest absolute Gasteiger partial charge is 0.0171 e. The van der Waals surface area contributed by atoms with Crippen LogP contribution in [0.3, 0.4) is 0 Å². The van der Waals surface area contributed by atoms with Crippen molar-refractivity contribution in [3.05, 3.63) is 23.8 Å². The van der Waals surface area contributed by atoms with Crippen LogP contribution in [0.25, 0.3) is 0 Å². The molecule has 0 bridgehead atoms. The third kappa shape index (κ3) is 2.59. The van der Waals surface area contributed by atoms with Crippen LogP contribution in [0.4, 0.5) is 0 Å². The van der Waals surface area contributed by atoms with Gasteiger partial charge in [-0.25, -0.2) is 0 Å². The molecule has 0 amide bonds. The summed E-state index contributed by atoms with van der Waals surface area (Å²) in [6.07, 6.45) is 16.9. The predicted molar refractivity (Wildman–Crippen MR) is 71.4 cm³/mol. The lowest BCUT2D eigenvalue weighted by atomic mass is 9.86. The lowest BCUT2D eigenvalue weighted by Crippen LogP contribution is -2.07. The first-order chi connectivity index (χ1) is 7.83. The van der Waals surface area contributed by atoms with Crippen LogP contribution >= 0.6 is 0 Å². The van der Waals surface area contributed by atoms with Crippen molar-refractivity contribution in [1.82, 2.24) is 0 Å². The van der Waals surface area contributed by atoms with E-state index in [4.69, 9.17) is 0 Å². The topological polar surface area (TPSA) is 0 Å². The second-order valence-corrected chi connectivity index (χ2v) is 5.68. The van der Waals surface area contributed by atoms with Crippen LogP contribution in [-0.2, 0) is 0 Å². The zero-order chi connectivity index (χ0) is 11.4. The number of unbranched alkanes of at least 4 members (excludes halogenated alkanes) is 1. The van der Waals surface area contributed by atoms with Gasteiger partial charge in [-0.3, -0.25) is 0 Å². The third-order valence-corrected chi connectivity index (χ3v) is 4.46. The monoisotopic (exact) mass is 218 g/mol. The van der Waals surface area contributed by atoms with Gasteiger partial charge in [-0.05, 0) is 49.9 Å². The average molecular weight is 218 g/mol. The van der Waals surface area contributed by atoms with E-state index in [0.29, 0.717) is 0 Å². The summed E-state index contributed by atoms with van der Waals surface area (Å²) in [4.78, 5) is 0. The minimum Gasteiger partial charge on any atom is -0.0845 e. The molecule has 0 nitrogen and oxygen atoms in total. The highest BCUT2D eigenvalue weighted by Crippen LogP contribution is 2.46. The Balaban J connectivity index is 2.10. The van der Waals surface area contributed by atoms with Crippen molar-refractivity contribution >= 4 is 0 Å². The van der Waals surface area contributed by atoms with Gasteiger partial charge in [-0.2, -0.15) is 0 Å². The largest absolute Gasteiger partial charge is 0.0845 e. The van der Waals surface area contributed by atoms with Gasteiger partial charge >= 0.3 is 0 Å². The summed E-state index contributed by atoms with van der Waals surface area (Å²) in [5, 5.41) is 0. The number of allylic oxidation sites excluding steroid dienone is 4. The Morgan fingerprint density at radius 2 is 2.25 bits per heavy atom. The molecule has 0 aromatic rings. The van der Waals surface area contributed by atoms with Crippen molar-refractivity contribution < 1.29 is 0 Å². The highest BCUT2D eigenvalue weighted by Gasteiger charge is 2.34. The van der Waals surface area contributed by atoms with Crippen LogP contribution in [0.2, 0.25) is 0 Å². The van der Waals surface area contributed by atoms with Crippen LogP contribution in [0.15, 0.2) is 23.8 Å². The predicted octanol–water partition coefficient (Wildman–Crippen LogP) is 5.12. The van der Waals surface area contributed by atoms with Crippen molar-refractivity contribution in [3.63, 3.8) is 0 Å². The second kappa shape index (κ2) is 5.70. The molecule has 2 aliphatic rings. The molecular weight excluding hydrogens is 192 g/mol. The molecule has 2 rings (SSSR count). The maximum Gasteiger partial charge on any atom is -0.0171 e. The van der Waals surface area contributed by atoms with Crippen LogP contribution in [-0.4, -0.2) is 0 Å². The first kappa shape index (κ1) is 12.0. The number of hydrogen-bond donors (Lipinski definition) is 0. The molecule has 0 heterocycles. The molecular formula is C16H26. The minimum absolute atomic E-state index is 0.905. The van der Waals surface area contributed by atoms with Crippen LogP contribution in [0.5, 0.6) is 0 Å². The Hall–Kier alpha value is -0.520. The van der Waals surface area contributed by atoms with E-state index in [1.54, 1.807) is 5.57 Å². The molecule has 0 spiro atoms. The Kier molecular flexibility index (Phi) is 4.26. The zero-order valence-corrected chi connectivity index (χ0v) is 10.9. The molecule has 0 aromatic carbocycles. The molecule has 0 radical (unpaired) electrons. The quantitative estimate of drug-likeness (QED) is 0.617. The summed E-state index contributed by atoms with van der Waals surface area (Å²) in [5.74, 6) is 2.74. The van der Waals surface area contributed by atoms with Gasteiger partial charge in [-0.15, -0.1) is 0 Å². The van der Waals surface area contributed by atoms with E-state index in [1.165, 1.54) is 44.9 Å². The summed E-state index contributed by atoms with van der Waals surface area (Å²) in [6, 6.07) is 0. The van der Waals surface area contributed by atoms with Crippen LogP contribution in [0, 0.1) is 17.8 Å². The Morgan fingerprint density at radius 3 is 3.06 bits per heavy atom. The van der Waals surface area contributed by atoms with Gasteiger partial charge in [0, 0.05) is 0 Å². The van der Waals surface area contributed by atoms with Gasteiger partial charge < -0.3 is 0 Å². The van der Waals surface area contributed by atoms with Gasteiger partial charge in [0.1, 0.15) is 0 Å². The van der Waals surface area contributed by atoms with Gasteiger partial charge in [0.25, 0.3) is 0 Å². The van der Waals surface area contributed by atoms with E-state index in [0.717, 1.165) is 17.8 Å². The van der Waals surface area contributed by atoms with Gasteiger partial charge in [0.2, 0.25) is 0 Å². The highest BCUT2D eigenvalue weighted by molar-refractivity contribution is 5.23. The Bertz CT molecular complexity index is 272. The molecule has 0 saturated heterocycles. The van der Waals surface area contributed by atoms with E-state index in [1.807, 2.05) is 0 Å². The third-order valence-electron chi connectivity index (χ3n) is 4.46. The standard InChI is InChI=1S/C16H26/c1-3-4-9-14-12-13(2)15-10-7-5-6-8-11-16(14)15/h6,8,11,13-15H,3-5,7,9-10,12H2,1-2H3. The molecule has 0 heteroatoms. The summed E-state index contributed by atoms with van der Waals surface area (Å²) < 4.78 is 0. The maximum atomic E-state index is 2.47. The minimum atomic E-state index is 0.905. The molecule has 1 fully saturated rings. The lowest BCUT2D eigenvalue weighted by molar-refractivity contribution is 0.413. The fourth-order valence-electron chi connectivity index (χ4n) is 3.56. The summed E-state index contributed by atoms with van der Waals surface area (Å²) >= 11 is 0. The summed E-state index contributed by atoms with van der Waals surface area (Å²) in [6.45, 7) is 4.78. The van der Waals surface area contributed by atoms with E-state index in [-0.39, 0.29) is 0 Å². The summed E-state index contributed by atoms with van der Waals surface area (Å²) in [5.41, 5.74) is 1.79. The highest BCUT2D eigenvalue weighted by atomic mass is 14.4. The van der Waals surface area contributed by atoms with Gasteiger partial charge in [0.15, 0.2) is 0 Å². The maximum absolute atomic E-state index is 2.47.